The number of rotatable bonds is 13. The van der Waals surface area contributed by atoms with E-state index in [1.165, 1.54) is 7.11 Å². The second kappa shape index (κ2) is 17.8. The number of hydrogen-bond donors (Lipinski definition) is 2. The Morgan fingerprint density at radius 3 is 2.49 bits per heavy atom. The number of aromatic nitrogens is 4. The molecule has 0 unspecified atom stereocenters. The Kier molecular flexibility index (Phi) is 12.6. The lowest BCUT2D eigenvalue weighted by molar-refractivity contribution is -0.146. The molecular formula is C43H48ClF2N7O4. The van der Waals surface area contributed by atoms with Gasteiger partial charge in [0.05, 0.1) is 42.5 Å². The summed E-state index contributed by atoms with van der Waals surface area (Å²) in [5, 5.41) is 13.7. The number of alkyl halides is 2. The number of benzene rings is 2. The van der Waals surface area contributed by atoms with Crippen LogP contribution < -0.4 is 10.1 Å². The smallest absolute Gasteiger partial charge is 0.308 e. The summed E-state index contributed by atoms with van der Waals surface area (Å²) in [6.07, 6.45) is 2.85. The van der Waals surface area contributed by atoms with Gasteiger partial charge in [-0.05, 0) is 86.9 Å². The molecule has 14 heteroatoms. The van der Waals surface area contributed by atoms with Crippen molar-refractivity contribution in [2.24, 2.45) is 11.8 Å². The number of halogens is 3. The number of carbonyl (C=O) groups is 1. The van der Waals surface area contributed by atoms with E-state index in [0.29, 0.717) is 65.3 Å². The lowest BCUT2D eigenvalue weighted by Crippen LogP contribution is -2.30. The van der Waals surface area contributed by atoms with E-state index < -0.39 is 12.2 Å². The number of hydrogen-bond acceptors (Lipinski definition) is 11. The largest absolute Gasteiger partial charge is 0.481 e. The predicted octanol–water partition coefficient (Wildman–Crippen LogP) is 8.38. The topological polar surface area (TPSA) is 126 Å². The van der Waals surface area contributed by atoms with Gasteiger partial charge in [-0.3, -0.25) is 14.7 Å². The Labute approximate surface area is 336 Å². The molecule has 1 aliphatic heterocycles. The lowest BCUT2D eigenvalue weighted by Gasteiger charge is -2.30. The van der Waals surface area contributed by atoms with Gasteiger partial charge in [-0.15, -0.1) is 0 Å². The van der Waals surface area contributed by atoms with E-state index >= 15 is 0 Å². The highest BCUT2D eigenvalue weighted by atomic mass is 35.5. The number of β-amino-alcohol motifs (C(OH)–C–C–N with tert-alkyl or cyclic N) is 1. The average molecular weight is 800 g/mol. The molecular weight excluding hydrogens is 752 g/mol. The number of likely N-dealkylation sites (tertiary alicyclic amines) is 1. The van der Waals surface area contributed by atoms with E-state index in [0.717, 1.165) is 72.2 Å². The first-order valence-corrected chi connectivity index (χ1v) is 19.7. The molecule has 1 atom stereocenters. The molecule has 2 aromatic carbocycles. The molecule has 2 fully saturated rings. The first-order valence-electron chi connectivity index (χ1n) is 19.3. The number of aliphatic hydroxyl groups excluding tert-OH is 1. The number of methoxy groups -OCH3 is 2. The Hall–Kier alpha value is -4.82. The zero-order valence-electron chi connectivity index (χ0n) is 32.6. The molecule has 0 radical (unpaired) electrons. The van der Waals surface area contributed by atoms with Gasteiger partial charge in [0.15, 0.2) is 11.6 Å². The van der Waals surface area contributed by atoms with Gasteiger partial charge >= 0.3 is 5.97 Å². The third kappa shape index (κ3) is 9.17. The van der Waals surface area contributed by atoms with Crippen molar-refractivity contribution in [3.63, 3.8) is 0 Å². The first kappa shape index (κ1) is 40.4. The summed E-state index contributed by atoms with van der Waals surface area (Å²) in [6, 6.07) is 17.2. The van der Waals surface area contributed by atoms with E-state index in [-0.39, 0.29) is 23.8 Å². The van der Waals surface area contributed by atoms with Gasteiger partial charge < -0.3 is 24.8 Å². The van der Waals surface area contributed by atoms with Crippen LogP contribution in [0.25, 0.3) is 33.4 Å². The number of esters is 1. The Morgan fingerprint density at radius 1 is 1.02 bits per heavy atom. The summed E-state index contributed by atoms with van der Waals surface area (Å²) in [7, 11) is 5.16. The molecule has 1 saturated heterocycles. The fraction of sp³-hybridized carbons (Fsp3) is 0.419. The van der Waals surface area contributed by atoms with Crippen molar-refractivity contribution in [1.82, 2.24) is 29.7 Å². The van der Waals surface area contributed by atoms with Gasteiger partial charge in [0.2, 0.25) is 5.88 Å². The maximum atomic E-state index is 14.1. The molecule has 0 spiro atoms. The molecule has 2 N–H and O–H groups in total. The monoisotopic (exact) mass is 799 g/mol. The highest BCUT2D eigenvalue weighted by molar-refractivity contribution is 6.36. The Balaban J connectivity index is 1.10. The predicted molar refractivity (Wildman–Crippen MR) is 217 cm³/mol. The van der Waals surface area contributed by atoms with Crippen LogP contribution in [0, 0.1) is 18.8 Å². The van der Waals surface area contributed by atoms with Gasteiger partial charge in [0.25, 0.3) is 6.43 Å². The molecule has 11 nitrogen and oxygen atoms in total. The van der Waals surface area contributed by atoms with E-state index in [2.05, 4.69) is 37.1 Å². The average Bonchev–Trinajstić information content (AvgIpc) is 3.62. The summed E-state index contributed by atoms with van der Waals surface area (Å²) in [6.45, 7) is 5.33. The number of ether oxygens (including phenoxy) is 2. The first-order chi connectivity index (χ1) is 27.5. The third-order valence-corrected chi connectivity index (χ3v) is 11.5. The van der Waals surface area contributed by atoms with Crippen molar-refractivity contribution in [3.05, 3.63) is 88.3 Å². The van der Waals surface area contributed by atoms with E-state index in [9.17, 15) is 18.7 Å². The van der Waals surface area contributed by atoms with Crippen LogP contribution in [0.5, 0.6) is 5.88 Å². The van der Waals surface area contributed by atoms with Crippen LogP contribution in [0.2, 0.25) is 5.02 Å². The molecule has 57 heavy (non-hydrogen) atoms. The highest BCUT2D eigenvalue weighted by Crippen LogP contribution is 2.40. The maximum absolute atomic E-state index is 14.1. The Bertz CT molecular complexity index is 2240. The van der Waals surface area contributed by atoms with E-state index in [4.69, 9.17) is 26.1 Å². The van der Waals surface area contributed by atoms with Crippen LogP contribution in [-0.4, -0.2) is 87.8 Å². The van der Waals surface area contributed by atoms with Crippen LogP contribution in [-0.2, 0) is 22.6 Å². The molecule has 0 bridgehead atoms. The zero-order valence-corrected chi connectivity index (χ0v) is 33.4. The maximum Gasteiger partial charge on any atom is 0.308 e. The SMILES string of the molecule is COC(=O)C1CCC(CN(C)Cc2ccc(-c3cccc(-c4cccc(Nc5nc(C(F)F)nc6cc(CN7CC[C@@H](O)C7)cnc56)c4C)c3Cl)nc2OC)CC1. The Morgan fingerprint density at radius 2 is 1.77 bits per heavy atom. The minimum Gasteiger partial charge on any atom is -0.481 e. The molecule has 0 amide bonds. The second-order valence-corrected chi connectivity index (χ2v) is 15.6. The molecule has 4 heterocycles. The minimum atomic E-state index is -2.88. The summed E-state index contributed by atoms with van der Waals surface area (Å²) < 4.78 is 38.9. The van der Waals surface area contributed by atoms with Gasteiger partial charge in [-0.25, -0.2) is 23.7 Å². The van der Waals surface area contributed by atoms with Crippen LogP contribution >= 0.6 is 11.6 Å². The number of pyridine rings is 2. The van der Waals surface area contributed by atoms with Crippen molar-refractivity contribution in [2.75, 3.05) is 46.2 Å². The normalized spacial score (nSPS) is 18.7. The summed E-state index contributed by atoms with van der Waals surface area (Å²) >= 11 is 7.18. The van der Waals surface area contributed by atoms with Crippen molar-refractivity contribution >= 4 is 40.1 Å². The number of fused-ring (bicyclic) bond motifs is 1. The number of aliphatic hydroxyl groups is 1. The number of carbonyl (C=O) groups excluding carboxylic acids is 1. The molecule has 3 aromatic heterocycles. The van der Waals surface area contributed by atoms with Crippen molar-refractivity contribution in [1.29, 1.82) is 0 Å². The van der Waals surface area contributed by atoms with E-state index in [1.54, 1.807) is 19.4 Å². The van der Waals surface area contributed by atoms with Crippen LogP contribution in [0.4, 0.5) is 20.3 Å². The van der Waals surface area contributed by atoms with Gasteiger partial charge in [-0.1, -0.05) is 48.0 Å². The van der Waals surface area contributed by atoms with Crippen LogP contribution in [0.1, 0.15) is 61.0 Å². The molecule has 7 rings (SSSR count). The molecule has 2 aliphatic rings. The van der Waals surface area contributed by atoms with Crippen molar-refractivity contribution in [2.45, 2.75) is 64.6 Å². The summed E-state index contributed by atoms with van der Waals surface area (Å²) in [5.41, 5.74) is 6.94. The third-order valence-electron chi connectivity index (χ3n) is 11.1. The molecule has 300 valence electrons. The van der Waals surface area contributed by atoms with Crippen LogP contribution in [0.3, 0.4) is 0 Å². The van der Waals surface area contributed by atoms with Crippen LogP contribution in [0.15, 0.2) is 60.8 Å². The summed E-state index contributed by atoms with van der Waals surface area (Å²) in [4.78, 5) is 34.2. The molecule has 5 aromatic rings. The fourth-order valence-electron chi connectivity index (χ4n) is 8.15. The van der Waals surface area contributed by atoms with Crippen molar-refractivity contribution < 1.29 is 28.2 Å². The minimum absolute atomic E-state index is 0.00602. The second-order valence-electron chi connectivity index (χ2n) is 15.2. The highest BCUT2D eigenvalue weighted by Gasteiger charge is 2.28. The van der Waals surface area contributed by atoms with Crippen molar-refractivity contribution in [3.8, 4) is 28.3 Å². The standard InChI is InChI=1S/C43H48ClF2N7O4/c1-25-31(7-6-10-34(25)48-40-38-36(49-41(51-40)39(45)46)19-27(20-47-38)22-53-18-17-30(54)24-53)32-8-5-9-33(37(32)44)35-16-15-29(42(50-35)56-3)23-52(2)21-26-11-13-28(14-12-26)43(55)57-4/h5-10,15-16,19-20,26,28,30,39,54H,11-14,17-18,21-24H2,1-4H3,(H,48,49,51)/t26?,28?,30-/m1/s1. The molecule has 1 aliphatic carbocycles. The fourth-order valence-corrected chi connectivity index (χ4v) is 8.48. The zero-order chi connectivity index (χ0) is 40.2. The lowest BCUT2D eigenvalue weighted by atomic mass is 9.82. The number of nitrogens with zero attached hydrogens (tertiary/aromatic N) is 6. The number of nitrogens with one attached hydrogen (secondary N) is 1. The number of anilines is 2. The summed E-state index contributed by atoms with van der Waals surface area (Å²) in [5.74, 6) is 0.513. The van der Waals surface area contributed by atoms with Gasteiger partial charge in [-0.2, -0.15) is 0 Å². The van der Waals surface area contributed by atoms with E-state index in [1.807, 2.05) is 55.5 Å². The van der Waals surface area contributed by atoms with Gasteiger partial charge in [0.1, 0.15) is 5.52 Å². The quantitative estimate of drug-likeness (QED) is 0.112. The molecule has 1 saturated carbocycles. The van der Waals surface area contributed by atoms with Gasteiger partial charge in [0, 0.05) is 61.3 Å².